The lowest BCUT2D eigenvalue weighted by atomic mass is 10.1. The zero-order chi connectivity index (χ0) is 11.4. The summed E-state index contributed by atoms with van der Waals surface area (Å²) in [4.78, 5) is 15.8. The summed E-state index contributed by atoms with van der Waals surface area (Å²) in [6, 6.07) is 0. The summed E-state index contributed by atoms with van der Waals surface area (Å²) in [7, 11) is 0. The average molecular weight is 228 g/mol. The van der Waals surface area contributed by atoms with Crippen molar-refractivity contribution in [2.45, 2.75) is 18.9 Å². The Labute approximate surface area is 96.0 Å². The summed E-state index contributed by atoms with van der Waals surface area (Å²) in [6.45, 7) is 4.87. The molecule has 2 heterocycles. The van der Waals surface area contributed by atoms with Gasteiger partial charge in [0.25, 0.3) is 0 Å². The fraction of sp³-hybridized carbons (Fsp3) is 0.909. The number of aliphatic hydroxyl groups is 1. The van der Waals surface area contributed by atoms with Gasteiger partial charge >= 0.3 is 0 Å². The number of morpholine rings is 1. The molecular weight excluding hydrogens is 208 g/mol. The first-order valence-corrected chi connectivity index (χ1v) is 6.01. The third-order valence-corrected chi connectivity index (χ3v) is 3.21. The first-order chi connectivity index (χ1) is 7.75. The van der Waals surface area contributed by atoms with Crippen LogP contribution in [0.5, 0.6) is 0 Å². The number of likely N-dealkylation sites (tertiary alicyclic amines) is 1. The molecule has 2 fully saturated rings. The maximum atomic E-state index is 11.9. The Balaban J connectivity index is 1.77. The molecule has 2 aliphatic heterocycles. The topological polar surface area (TPSA) is 53.0 Å². The van der Waals surface area contributed by atoms with Crippen LogP contribution >= 0.6 is 0 Å². The maximum Gasteiger partial charge on any atom is 0.236 e. The van der Waals surface area contributed by atoms with E-state index in [1.807, 2.05) is 0 Å². The van der Waals surface area contributed by atoms with E-state index in [1.54, 1.807) is 4.90 Å². The molecule has 1 N–H and O–H groups in total. The van der Waals surface area contributed by atoms with E-state index in [-0.39, 0.29) is 12.0 Å². The highest BCUT2D eigenvalue weighted by Crippen LogP contribution is 2.10. The predicted octanol–water partition coefficient (Wildman–Crippen LogP) is -0.698. The standard InChI is InChI=1S/C11H20N2O3/c14-10-2-1-3-13(8-10)11(15)9-12-4-6-16-7-5-12/h10,14H,1-9H2. The van der Waals surface area contributed by atoms with Crippen molar-refractivity contribution in [2.24, 2.45) is 0 Å². The van der Waals surface area contributed by atoms with Crippen molar-refractivity contribution in [3.05, 3.63) is 0 Å². The van der Waals surface area contributed by atoms with Crippen molar-refractivity contribution < 1.29 is 14.6 Å². The molecule has 0 bridgehead atoms. The summed E-state index contributed by atoms with van der Waals surface area (Å²) in [6.07, 6.45) is 1.40. The quantitative estimate of drug-likeness (QED) is 0.679. The number of rotatable bonds is 2. The van der Waals surface area contributed by atoms with Gasteiger partial charge in [0.2, 0.25) is 5.91 Å². The Morgan fingerprint density at radius 3 is 2.75 bits per heavy atom. The summed E-state index contributed by atoms with van der Waals surface area (Å²) >= 11 is 0. The molecule has 0 aromatic rings. The van der Waals surface area contributed by atoms with Crippen LogP contribution in [0.15, 0.2) is 0 Å². The molecule has 92 valence electrons. The molecular formula is C11H20N2O3. The number of aliphatic hydroxyl groups excluding tert-OH is 1. The molecule has 0 aromatic carbocycles. The third-order valence-electron chi connectivity index (χ3n) is 3.21. The van der Waals surface area contributed by atoms with E-state index in [9.17, 15) is 9.90 Å². The van der Waals surface area contributed by atoms with Gasteiger partial charge in [0.05, 0.1) is 25.9 Å². The summed E-state index contributed by atoms with van der Waals surface area (Å²) in [5, 5.41) is 9.51. The van der Waals surface area contributed by atoms with Gasteiger partial charge in [-0.1, -0.05) is 0 Å². The molecule has 2 saturated heterocycles. The number of amides is 1. The zero-order valence-electron chi connectivity index (χ0n) is 9.60. The lowest BCUT2D eigenvalue weighted by molar-refractivity contribution is -0.136. The van der Waals surface area contributed by atoms with E-state index < -0.39 is 0 Å². The Morgan fingerprint density at radius 1 is 1.31 bits per heavy atom. The summed E-state index contributed by atoms with van der Waals surface area (Å²) in [5.41, 5.74) is 0. The van der Waals surface area contributed by atoms with E-state index in [0.717, 1.165) is 45.7 Å². The van der Waals surface area contributed by atoms with E-state index in [1.165, 1.54) is 0 Å². The van der Waals surface area contributed by atoms with Crippen molar-refractivity contribution in [2.75, 3.05) is 45.9 Å². The number of carbonyl (C=O) groups excluding carboxylic acids is 1. The molecule has 0 spiro atoms. The Hall–Kier alpha value is -0.650. The highest BCUT2D eigenvalue weighted by Gasteiger charge is 2.23. The number of piperidine rings is 1. The van der Waals surface area contributed by atoms with Crippen molar-refractivity contribution >= 4 is 5.91 Å². The predicted molar refractivity (Wildman–Crippen MR) is 59.1 cm³/mol. The van der Waals surface area contributed by atoms with Crippen LogP contribution in [0.2, 0.25) is 0 Å². The normalized spacial score (nSPS) is 28.1. The van der Waals surface area contributed by atoms with Crippen LogP contribution in [-0.4, -0.2) is 72.9 Å². The third kappa shape index (κ3) is 3.17. The minimum absolute atomic E-state index is 0.139. The number of hydrogen-bond acceptors (Lipinski definition) is 4. The van der Waals surface area contributed by atoms with Gasteiger partial charge in [0, 0.05) is 26.2 Å². The molecule has 16 heavy (non-hydrogen) atoms. The van der Waals surface area contributed by atoms with Crippen molar-refractivity contribution in [3.63, 3.8) is 0 Å². The van der Waals surface area contributed by atoms with Gasteiger partial charge in [0.1, 0.15) is 0 Å². The molecule has 2 aliphatic rings. The molecule has 5 nitrogen and oxygen atoms in total. The van der Waals surface area contributed by atoms with E-state index >= 15 is 0 Å². The largest absolute Gasteiger partial charge is 0.391 e. The number of β-amino-alcohol motifs (C(OH)–C–C–N with tert-alkyl or cyclic N) is 1. The highest BCUT2D eigenvalue weighted by atomic mass is 16.5. The molecule has 2 rings (SSSR count). The lowest BCUT2D eigenvalue weighted by Crippen LogP contribution is -2.48. The van der Waals surface area contributed by atoms with Crippen LogP contribution in [0.1, 0.15) is 12.8 Å². The lowest BCUT2D eigenvalue weighted by Gasteiger charge is -2.33. The average Bonchev–Trinajstić information content (AvgIpc) is 2.30. The van der Waals surface area contributed by atoms with Gasteiger partial charge < -0.3 is 14.7 Å². The van der Waals surface area contributed by atoms with Crippen LogP contribution in [0.3, 0.4) is 0 Å². The smallest absolute Gasteiger partial charge is 0.236 e. The second-order valence-corrected chi connectivity index (χ2v) is 4.52. The minimum atomic E-state index is -0.331. The number of carbonyl (C=O) groups is 1. The molecule has 1 unspecified atom stereocenters. The van der Waals surface area contributed by atoms with Gasteiger partial charge in [-0.2, -0.15) is 0 Å². The van der Waals surface area contributed by atoms with E-state index in [4.69, 9.17) is 4.74 Å². The highest BCUT2D eigenvalue weighted by molar-refractivity contribution is 5.78. The molecule has 5 heteroatoms. The van der Waals surface area contributed by atoms with Gasteiger partial charge in [-0.3, -0.25) is 9.69 Å². The van der Waals surface area contributed by atoms with Crippen LogP contribution in [0.25, 0.3) is 0 Å². The molecule has 1 atom stereocenters. The molecule has 1 amide bonds. The van der Waals surface area contributed by atoms with Gasteiger partial charge in [0.15, 0.2) is 0 Å². The molecule has 0 aromatic heterocycles. The van der Waals surface area contributed by atoms with Gasteiger partial charge in [-0.25, -0.2) is 0 Å². The second kappa shape index (κ2) is 5.61. The summed E-state index contributed by atoms with van der Waals surface area (Å²) < 4.78 is 5.24. The molecule has 0 aliphatic carbocycles. The van der Waals surface area contributed by atoms with Crippen molar-refractivity contribution in [3.8, 4) is 0 Å². The van der Waals surface area contributed by atoms with E-state index in [2.05, 4.69) is 4.90 Å². The van der Waals surface area contributed by atoms with E-state index in [0.29, 0.717) is 13.1 Å². The zero-order valence-corrected chi connectivity index (χ0v) is 9.60. The van der Waals surface area contributed by atoms with Crippen LogP contribution in [0.4, 0.5) is 0 Å². The SMILES string of the molecule is O=C(CN1CCOCC1)N1CCCC(O)C1. The Morgan fingerprint density at radius 2 is 2.06 bits per heavy atom. The Bertz CT molecular complexity index is 241. The van der Waals surface area contributed by atoms with Crippen LogP contribution < -0.4 is 0 Å². The van der Waals surface area contributed by atoms with Crippen molar-refractivity contribution in [1.29, 1.82) is 0 Å². The number of ether oxygens (including phenoxy) is 1. The molecule has 0 radical (unpaired) electrons. The molecule has 0 saturated carbocycles. The van der Waals surface area contributed by atoms with Crippen LogP contribution in [-0.2, 0) is 9.53 Å². The first kappa shape index (κ1) is 11.8. The fourth-order valence-corrected chi connectivity index (χ4v) is 2.23. The first-order valence-electron chi connectivity index (χ1n) is 6.01. The Kier molecular flexibility index (Phi) is 4.15. The van der Waals surface area contributed by atoms with Crippen molar-refractivity contribution in [1.82, 2.24) is 9.80 Å². The summed E-state index contributed by atoms with van der Waals surface area (Å²) in [5.74, 6) is 0.139. The van der Waals surface area contributed by atoms with Gasteiger partial charge in [-0.15, -0.1) is 0 Å². The minimum Gasteiger partial charge on any atom is -0.391 e. The van der Waals surface area contributed by atoms with Gasteiger partial charge in [-0.05, 0) is 12.8 Å². The maximum absolute atomic E-state index is 11.9. The monoisotopic (exact) mass is 228 g/mol. The number of hydrogen-bond donors (Lipinski definition) is 1. The van der Waals surface area contributed by atoms with Crippen LogP contribution in [0, 0.1) is 0 Å². The fourth-order valence-electron chi connectivity index (χ4n) is 2.23. The number of nitrogens with zero attached hydrogens (tertiary/aromatic N) is 2. The second-order valence-electron chi connectivity index (χ2n) is 4.52.